The normalized spacial score (nSPS) is 20.6. The van der Waals surface area contributed by atoms with E-state index in [1.54, 1.807) is 24.3 Å². The average Bonchev–Trinajstić information content (AvgIpc) is 2.68. The van der Waals surface area contributed by atoms with Crippen molar-refractivity contribution in [3.63, 3.8) is 0 Å². The number of aryl methyl sites for hydroxylation is 1. The summed E-state index contributed by atoms with van der Waals surface area (Å²) in [5.74, 6) is 0.424. The Morgan fingerprint density at radius 3 is 2.37 bits per heavy atom. The van der Waals surface area contributed by atoms with Gasteiger partial charge in [0, 0.05) is 25.6 Å². The maximum atomic E-state index is 12.5. The third kappa shape index (κ3) is 5.77. The molecule has 1 fully saturated rings. The highest BCUT2D eigenvalue weighted by atomic mass is 32.2. The van der Waals surface area contributed by atoms with Gasteiger partial charge >= 0.3 is 0 Å². The first kappa shape index (κ1) is 21.9. The van der Waals surface area contributed by atoms with E-state index in [-0.39, 0.29) is 11.9 Å². The Balaban J connectivity index is 1.90. The Morgan fingerprint density at radius 2 is 1.78 bits per heavy atom. The van der Waals surface area contributed by atoms with E-state index >= 15 is 0 Å². The summed E-state index contributed by atoms with van der Waals surface area (Å²) in [5, 5.41) is 3.13. The number of sulfonamides is 1. The molecule has 1 aliphatic carbocycles. The number of hydrogen-bond donors (Lipinski definition) is 2. The highest BCUT2D eigenvalue weighted by Crippen LogP contribution is 2.23. The molecule has 0 saturated heterocycles. The fourth-order valence-electron chi connectivity index (χ4n) is 3.76. The number of amides is 1. The van der Waals surface area contributed by atoms with E-state index in [1.807, 2.05) is 13.8 Å². The zero-order chi connectivity index (χ0) is 19.9. The quantitative estimate of drug-likeness (QED) is 0.671. The molecule has 2 unspecified atom stereocenters. The molecule has 27 heavy (non-hydrogen) atoms. The number of nitrogens with two attached hydrogens (primary N) is 1. The fraction of sp³-hybridized carbons (Fsp3) is 0.650. The van der Waals surface area contributed by atoms with Crippen LogP contribution in [0.15, 0.2) is 29.2 Å². The van der Waals surface area contributed by atoms with Gasteiger partial charge in [-0.15, -0.1) is 0 Å². The van der Waals surface area contributed by atoms with Crippen molar-refractivity contribution in [3.8, 4) is 0 Å². The highest BCUT2D eigenvalue weighted by molar-refractivity contribution is 7.89. The van der Waals surface area contributed by atoms with E-state index in [4.69, 9.17) is 5.73 Å². The predicted octanol–water partition coefficient (Wildman–Crippen LogP) is 2.28. The molecule has 1 amide bonds. The van der Waals surface area contributed by atoms with E-state index in [0.29, 0.717) is 43.3 Å². The van der Waals surface area contributed by atoms with E-state index in [0.717, 1.165) is 24.8 Å². The Bertz CT molecular complexity index is 700. The number of carbonyl (C=O) groups is 1. The van der Waals surface area contributed by atoms with Crippen LogP contribution >= 0.6 is 0 Å². The molecule has 1 saturated carbocycles. The maximum absolute atomic E-state index is 12.5. The maximum Gasteiger partial charge on any atom is 0.243 e. The smallest absolute Gasteiger partial charge is 0.243 e. The monoisotopic (exact) mass is 395 g/mol. The molecule has 7 heteroatoms. The van der Waals surface area contributed by atoms with Crippen molar-refractivity contribution in [3.05, 3.63) is 29.8 Å². The van der Waals surface area contributed by atoms with E-state index in [1.165, 1.54) is 10.7 Å². The summed E-state index contributed by atoms with van der Waals surface area (Å²) in [6.45, 7) is 5.18. The summed E-state index contributed by atoms with van der Waals surface area (Å²) >= 11 is 0. The summed E-state index contributed by atoms with van der Waals surface area (Å²) in [7, 11) is -3.44. The second kappa shape index (κ2) is 10.2. The molecule has 0 aromatic heterocycles. The van der Waals surface area contributed by atoms with Crippen LogP contribution in [0.2, 0.25) is 0 Å². The van der Waals surface area contributed by atoms with E-state index in [9.17, 15) is 13.2 Å². The lowest BCUT2D eigenvalue weighted by Gasteiger charge is -2.31. The van der Waals surface area contributed by atoms with Gasteiger partial charge in [-0.1, -0.05) is 38.8 Å². The molecular weight excluding hydrogens is 362 g/mol. The van der Waals surface area contributed by atoms with Crippen molar-refractivity contribution in [2.45, 2.75) is 63.3 Å². The van der Waals surface area contributed by atoms with Crippen molar-refractivity contribution in [1.29, 1.82) is 0 Å². The van der Waals surface area contributed by atoms with Gasteiger partial charge in [0.2, 0.25) is 15.9 Å². The minimum absolute atomic E-state index is 0.0418. The lowest BCUT2D eigenvalue weighted by molar-refractivity contribution is -0.122. The Kier molecular flexibility index (Phi) is 8.26. The van der Waals surface area contributed by atoms with Crippen molar-refractivity contribution < 1.29 is 13.2 Å². The first-order valence-corrected chi connectivity index (χ1v) is 11.4. The summed E-state index contributed by atoms with van der Waals surface area (Å²) in [5.41, 5.74) is 6.78. The molecule has 3 N–H and O–H groups in total. The number of nitrogens with zero attached hydrogens (tertiary/aromatic N) is 1. The molecule has 0 spiro atoms. The van der Waals surface area contributed by atoms with Gasteiger partial charge in [0.25, 0.3) is 0 Å². The van der Waals surface area contributed by atoms with Crippen LogP contribution in [0.5, 0.6) is 0 Å². The third-order valence-corrected chi connectivity index (χ3v) is 7.53. The van der Waals surface area contributed by atoms with Gasteiger partial charge in [-0.05, 0) is 49.4 Å². The second-order valence-corrected chi connectivity index (χ2v) is 9.13. The fourth-order valence-corrected chi connectivity index (χ4v) is 5.22. The van der Waals surface area contributed by atoms with Crippen LogP contribution in [0, 0.1) is 5.92 Å². The minimum Gasteiger partial charge on any atom is -0.353 e. The first-order valence-electron chi connectivity index (χ1n) is 10.0. The van der Waals surface area contributed by atoms with Gasteiger partial charge in [0.15, 0.2) is 0 Å². The standard InChI is InChI=1S/C20H33N3O3S/c1-3-23(4-2)27(25,26)18-12-9-16(10-13-18)11-14-20(24)22-19-8-6-5-7-17(19)15-21/h9-10,12-13,17,19H,3-8,11,14-15,21H2,1-2H3,(H,22,24). The zero-order valence-corrected chi connectivity index (χ0v) is 17.3. The molecule has 1 aromatic carbocycles. The number of rotatable bonds is 9. The molecule has 0 bridgehead atoms. The second-order valence-electron chi connectivity index (χ2n) is 7.19. The van der Waals surface area contributed by atoms with Gasteiger partial charge in [-0.25, -0.2) is 8.42 Å². The number of hydrogen-bond acceptors (Lipinski definition) is 4. The largest absolute Gasteiger partial charge is 0.353 e. The van der Waals surface area contributed by atoms with Crippen LogP contribution in [-0.4, -0.2) is 44.3 Å². The van der Waals surface area contributed by atoms with Crippen LogP contribution in [0.1, 0.15) is 51.5 Å². The van der Waals surface area contributed by atoms with Gasteiger partial charge in [0.1, 0.15) is 0 Å². The molecule has 2 atom stereocenters. The third-order valence-electron chi connectivity index (χ3n) is 5.47. The van der Waals surface area contributed by atoms with Crippen LogP contribution in [0.25, 0.3) is 0 Å². The average molecular weight is 396 g/mol. The number of nitrogens with one attached hydrogen (secondary N) is 1. The van der Waals surface area contributed by atoms with Crippen molar-refractivity contribution in [2.24, 2.45) is 11.7 Å². The van der Waals surface area contributed by atoms with Gasteiger partial charge in [0.05, 0.1) is 4.90 Å². The van der Waals surface area contributed by atoms with E-state index < -0.39 is 10.0 Å². The van der Waals surface area contributed by atoms with Crippen LogP contribution in [0.4, 0.5) is 0 Å². The Morgan fingerprint density at radius 1 is 1.15 bits per heavy atom. The van der Waals surface area contributed by atoms with Crippen molar-refractivity contribution in [1.82, 2.24) is 9.62 Å². The first-order chi connectivity index (χ1) is 12.9. The van der Waals surface area contributed by atoms with Crippen LogP contribution in [-0.2, 0) is 21.2 Å². The molecule has 1 aliphatic rings. The highest BCUT2D eigenvalue weighted by Gasteiger charge is 2.25. The summed E-state index contributed by atoms with van der Waals surface area (Å²) in [6.07, 6.45) is 5.42. The molecule has 2 rings (SSSR count). The van der Waals surface area contributed by atoms with E-state index in [2.05, 4.69) is 5.32 Å². The Hall–Kier alpha value is -1.44. The van der Waals surface area contributed by atoms with Crippen molar-refractivity contribution in [2.75, 3.05) is 19.6 Å². The molecule has 1 aromatic rings. The van der Waals surface area contributed by atoms with Gasteiger partial charge < -0.3 is 11.1 Å². The molecule has 152 valence electrons. The summed E-state index contributed by atoms with van der Waals surface area (Å²) < 4.78 is 26.4. The molecule has 0 heterocycles. The lowest BCUT2D eigenvalue weighted by Crippen LogP contribution is -2.44. The zero-order valence-electron chi connectivity index (χ0n) is 16.5. The number of carbonyl (C=O) groups excluding carboxylic acids is 1. The lowest BCUT2D eigenvalue weighted by atomic mass is 9.84. The predicted molar refractivity (Wildman–Crippen MR) is 108 cm³/mol. The molecule has 6 nitrogen and oxygen atoms in total. The van der Waals surface area contributed by atoms with Crippen LogP contribution < -0.4 is 11.1 Å². The molecule has 0 aliphatic heterocycles. The molecule has 0 radical (unpaired) electrons. The van der Waals surface area contributed by atoms with Crippen molar-refractivity contribution >= 4 is 15.9 Å². The SMILES string of the molecule is CCN(CC)S(=O)(=O)c1ccc(CCC(=O)NC2CCCCC2CN)cc1. The topological polar surface area (TPSA) is 92.5 Å². The number of benzene rings is 1. The van der Waals surface area contributed by atoms with Gasteiger partial charge in [-0.2, -0.15) is 4.31 Å². The van der Waals surface area contributed by atoms with Gasteiger partial charge in [-0.3, -0.25) is 4.79 Å². The summed E-state index contributed by atoms with van der Waals surface area (Å²) in [4.78, 5) is 12.6. The Labute approximate surface area is 163 Å². The molecular formula is C20H33N3O3S. The summed E-state index contributed by atoms with van der Waals surface area (Å²) in [6, 6.07) is 7.05. The van der Waals surface area contributed by atoms with Crippen LogP contribution in [0.3, 0.4) is 0 Å². The minimum atomic E-state index is -3.44.